The van der Waals surface area contributed by atoms with E-state index < -0.39 is 5.60 Å². The summed E-state index contributed by atoms with van der Waals surface area (Å²) in [6.07, 6.45) is 2.23. The van der Waals surface area contributed by atoms with Crippen LogP contribution in [-0.2, 0) is 19.4 Å². The Morgan fingerprint density at radius 1 is 1.44 bits per heavy atom. The monoisotopic (exact) mass is 271 g/mol. The highest BCUT2D eigenvalue weighted by Gasteiger charge is 2.36. The second-order valence-electron chi connectivity index (χ2n) is 5.27. The maximum Gasteiger partial charge on any atom is 0.0851 e. The molecule has 0 spiro atoms. The molecule has 4 nitrogen and oxygen atoms in total. The van der Waals surface area contributed by atoms with Gasteiger partial charge in [0.1, 0.15) is 0 Å². The van der Waals surface area contributed by atoms with Crippen LogP contribution in [0, 0.1) is 0 Å². The first kappa shape index (κ1) is 13.8. The van der Waals surface area contributed by atoms with Crippen LogP contribution in [0.2, 0.25) is 5.02 Å². The van der Waals surface area contributed by atoms with Gasteiger partial charge in [0.2, 0.25) is 0 Å². The minimum Gasteiger partial charge on any atom is -0.388 e. The van der Waals surface area contributed by atoms with Crippen molar-refractivity contribution in [2.24, 2.45) is 0 Å². The molecule has 0 aliphatic carbocycles. The number of halogens is 1. The van der Waals surface area contributed by atoms with E-state index in [0.717, 1.165) is 42.3 Å². The molecule has 2 rings (SSSR count). The van der Waals surface area contributed by atoms with Crippen LogP contribution in [0.25, 0.3) is 0 Å². The molecule has 1 aromatic heterocycles. The Kier molecular flexibility index (Phi) is 3.99. The molecule has 0 radical (unpaired) electrons. The van der Waals surface area contributed by atoms with E-state index in [1.54, 1.807) is 0 Å². The van der Waals surface area contributed by atoms with Gasteiger partial charge in [0.05, 0.1) is 22.0 Å². The lowest BCUT2D eigenvalue weighted by Crippen LogP contribution is -2.35. The van der Waals surface area contributed by atoms with Gasteiger partial charge in [0, 0.05) is 26.1 Å². The Morgan fingerprint density at radius 2 is 2.17 bits per heavy atom. The van der Waals surface area contributed by atoms with Crippen LogP contribution in [0.1, 0.15) is 31.7 Å². The third-order valence-corrected chi connectivity index (χ3v) is 4.15. The molecule has 18 heavy (non-hydrogen) atoms. The minimum absolute atomic E-state index is 0.594. The Morgan fingerprint density at radius 3 is 2.67 bits per heavy atom. The molecule has 1 aliphatic heterocycles. The zero-order chi connectivity index (χ0) is 13.3. The van der Waals surface area contributed by atoms with Gasteiger partial charge in [-0.1, -0.05) is 18.5 Å². The fourth-order valence-corrected chi connectivity index (χ4v) is 3.04. The summed E-state index contributed by atoms with van der Waals surface area (Å²) in [5.41, 5.74) is 1.26. The fourth-order valence-electron chi connectivity index (χ4n) is 2.70. The average Bonchev–Trinajstić information content (AvgIpc) is 2.82. The fraction of sp³-hybridized carbons (Fsp3) is 0.769. The van der Waals surface area contributed by atoms with Crippen LogP contribution < -0.4 is 0 Å². The summed E-state index contributed by atoms with van der Waals surface area (Å²) in [5.74, 6) is 0. The van der Waals surface area contributed by atoms with Crippen molar-refractivity contribution in [3.8, 4) is 0 Å². The van der Waals surface area contributed by atoms with Gasteiger partial charge in [-0.05, 0) is 26.8 Å². The van der Waals surface area contributed by atoms with Crippen LogP contribution in [0.4, 0.5) is 0 Å². The molecule has 0 aromatic carbocycles. The van der Waals surface area contributed by atoms with E-state index in [1.165, 1.54) is 0 Å². The maximum atomic E-state index is 10.6. The Labute approximate surface area is 114 Å². The number of rotatable bonds is 4. The summed E-state index contributed by atoms with van der Waals surface area (Å²) in [6, 6.07) is 0. The van der Waals surface area contributed by atoms with Crippen molar-refractivity contribution in [1.29, 1.82) is 0 Å². The van der Waals surface area contributed by atoms with Gasteiger partial charge >= 0.3 is 0 Å². The Bertz CT molecular complexity index is 432. The minimum atomic E-state index is -0.656. The number of likely N-dealkylation sites (tertiary alicyclic amines) is 1. The van der Waals surface area contributed by atoms with Crippen molar-refractivity contribution < 1.29 is 5.11 Å². The quantitative estimate of drug-likeness (QED) is 0.907. The Hall–Kier alpha value is -0.580. The van der Waals surface area contributed by atoms with Crippen molar-refractivity contribution in [1.82, 2.24) is 14.7 Å². The Balaban J connectivity index is 2.25. The van der Waals surface area contributed by atoms with Gasteiger partial charge in [0.15, 0.2) is 0 Å². The van der Waals surface area contributed by atoms with Crippen molar-refractivity contribution >= 4 is 11.6 Å². The molecule has 1 fully saturated rings. The van der Waals surface area contributed by atoms with Crippen LogP contribution in [0.3, 0.4) is 0 Å². The summed E-state index contributed by atoms with van der Waals surface area (Å²) < 4.78 is 1.93. The number of β-amino-alcohol motifs (C(OH)–C–C–N with tert-alkyl or cyclic N) is 1. The standard InChI is InChI=1S/C13H22ClN3O/c1-4-10-12(14)11(17(5-2)15-10)8-13(18)6-7-16(3)9-13/h18H,4-9H2,1-3H3. The predicted molar refractivity (Wildman–Crippen MR) is 73.1 cm³/mol. The summed E-state index contributed by atoms with van der Waals surface area (Å²) in [6.45, 7) is 6.54. The lowest BCUT2D eigenvalue weighted by Gasteiger charge is -2.22. The molecule has 0 amide bonds. The topological polar surface area (TPSA) is 41.3 Å². The van der Waals surface area contributed by atoms with E-state index in [0.29, 0.717) is 13.0 Å². The molecule has 1 aromatic rings. The van der Waals surface area contributed by atoms with E-state index in [4.69, 9.17) is 11.6 Å². The molecule has 1 N–H and O–H groups in total. The van der Waals surface area contributed by atoms with E-state index in [2.05, 4.69) is 23.8 Å². The lowest BCUT2D eigenvalue weighted by molar-refractivity contribution is 0.0503. The number of hydrogen-bond acceptors (Lipinski definition) is 3. The highest BCUT2D eigenvalue weighted by atomic mass is 35.5. The molecule has 1 aliphatic rings. The number of nitrogens with zero attached hydrogens (tertiary/aromatic N) is 3. The number of aryl methyl sites for hydroxylation is 2. The maximum absolute atomic E-state index is 10.6. The summed E-state index contributed by atoms with van der Waals surface area (Å²) in [5, 5.41) is 15.8. The second-order valence-corrected chi connectivity index (χ2v) is 5.64. The molecule has 1 saturated heterocycles. The first-order chi connectivity index (χ1) is 8.49. The van der Waals surface area contributed by atoms with Gasteiger partial charge < -0.3 is 10.0 Å². The van der Waals surface area contributed by atoms with Gasteiger partial charge in [-0.2, -0.15) is 5.10 Å². The van der Waals surface area contributed by atoms with Crippen molar-refractivity contribution in [3.05, 3.63) is 16.4 Å². The van der Waals surface area contributed by atoms with Crippen molar-refractivity contribution in [3.63, 3.8) is 0 Å². The normalized spacial score (nSPS) is 24.9. The van der Waals surface area contributed by atoms with Crippen molar-refractivity contribution in [2.75, 3.05) is 20.1 Å². The number of hydrogen-bond donors (Lipinski definition) is 1. The molecule has 102 valence electrons. The largest absolute Gasteiger partial charge is 0.388 e. The third kappa shape index (κ3) is 2.56. The van der Waals surface area contributed by atoms with Gasteiger partial charge in [0.25, 0.3) is 0 Å². The van der Waals surface area contributed by atoms with Gasteiger partial charge in [-0.3, -0.25) is 4.68 Å². The molecule has 0 saturated carbocycles. The van der Waals surface area contributed by atoms with Crippen LogP contribution >= 0.6 is 11.6 Å². The summed E-state index contributed by atoms with van der Waals surface area (Å²) in [4.78, 5) is 2.15. The molecular weight excluding hydrogens is 250 g/mol. The summed E-state index contributed by atoms with van der Waals surface area (Å²) in [7, 11) is 2.04. The second kappa shape index (κ2) is 5.19. The van der Waals surface area contributed by atoms with E-state index in [9.17, 15) is 5.11 Å². The average molecular weight is 272 g/mol. The highest BCUT2D eigenvalue weighted by Crippen LogP contribution is 2.29. The highest BCUT2D eigenvalue weighted by molar-refractivity contribution is 6.31. The smallest absolute Gasteiger partial charge is 0.0851 e. The lowest BCUT2D eigenvalue weighted by atomic mass is 9.96. The SMILES string of the molecule is CCc1nn(CC)c(CC2(O)CCN(C)C2)c1Cl. The number of aliphatic hydroxyl groups is 1. The van der Waals surface area contributed by atoms with Crippen LogP contribution in [0.5, 0.6) is 0 Å². The number of likely N-dealkylation sites (N-methyl/N-ethyl adjacent to an activating group) is 1. The first-order valence-electron chi connectivity index (χ1n) is 6.64. The van der Waals surface area contributed by atoms with Crippen LogP contribution in [-0.4, -0.2) is 45.5 Å². The van der Waals surface area contributed by atoms with E-state index in [-0.39, 0.29) is 0 Å². The van der Waals surface area contributed by atoms with E-state index in [1.807, 2.05) is 11.7 Å². The first-order valence-corrected chi connectivity index (χ1v) is 7.02. The van der Waals surface area contributed by atoms with Gasteiger partial charge in [-0.25, -0.2) is 0 Å². The zero-order valence-electron chi connectivity index (χ0n) is 11.4. The van der Waals surface area contributed by atoms with E-state index >= 15 is 0 Å². The molecule has 2 heterocycles. The summed E-state index contributed by atoms with van der Waals surface area (Å²) >= 11 is 6.38. The molecule has 5 heteroatoms. The molecule has 0 bridgehead atoms. The molecule has 1 atom stereocenters. The number of aromatic nitrogens is 2. The van der Waals surface area contributed by atoms with Crippen LogP contribution in [0.15, 0.2) is 0 Å². The molecule has 1 unspecified atom stereocenters. The van der Waals surface area contributed by atoms with Crippen molar-refractivity contribution in [2.45, 2.75) is 45.3 Å². The molecular formula is C13H22ClN3O. The third-order valence-electron chi connectivity index (χ3n) is 3.71. The predicted octanol–water partition coefficient (Wildman–Crippen LogP) is 1.73. The zero-order valence-corrected chi connectivity index (χ0v) is 12.2. The van der Waals surface area contributed by atoms with Gasteiger partial charge in [-0.15, -0.1) is 0 Å².